The van der Waals surface area contributed by atoms with Crippen molar-refractivity contribution in [1.82, 2.24) is 9.13 Å². The van der Waals surface area contributed by atoms with Gasteiger partial charge in [0.25, 0.3) is 0 Å². The summed E-state index contributed by atoms with van der Waals surface area (Å²) in [5.41, 5.74) is 3.88. The second kappa shape index (κ2) is 11.3. The van der Waals surface area contributed by atoms with E-state index in [1.165, 1.54) is 0 Å². The average Bonchev–Trinajstić information content (AvgIpc) is 3.17. The van der Waals surface area contributed by atoms with E-state index in [4.69, 9.17) is 9.47 Å². The number of fused-ring (bicyclic) bond motifs is 1. The highest BCUT2D eigenvalue weighted by Crippen LogP contribution is 2.16. The van der Waals surface area contributed by atoms with Crippen LogP contribution < -0.4 is 16.3 Å². The van der Waals surface area contributed by atoms with E-state index in [9.17, 15) is 14.4 Å². The Labute approximate surface area is 208 Å². The van der Waals surface area contributed by atoms with E-state index in [1.54, 1.807) is 71.5 Å². The first kappa shape index (κ1) is 24.6. The number of carbonyl (C=O) groups is 2. The maximum absolute atomic E-state index is 13.3. The van der Waals surface area contributed by atoms with Gasteiger partial charge in [0.15, 0.2) is 0 Å². The molecule has 3 aromatic carbocycles. The molecule has 1 heterocycles. The third-order valence-corrected chi connectivity index (χ3v) is 5.60. The Hall–Kier alpha value is -4.53. The van der Waals surface area contributed by atoms with Gasteiger partial charge in [-0.15, -0.1) is 0 Å². The molecule has 9 nitrogen and oxygen atoms in total. The minimum Gasteiger partial charge on any atom is -0.462 e. The summed E-state index contributed by atoms with van der Waals surface area (Å²) < 4.78 is 13.3. The zero-order chi connectivity index (χ0) is 25.5. The lowest BCUT2D eigenvalue weighted by Crippen LogP contribution is -2.28. The summed E-state index contributed by atoms with van der Waals surface area (Å²) in [4.78, 5) is 37.0. The second-order valence-electron chi connectivity index (χ2n) is 7.89. The van der Waals surface area contributed by atoms with Crippen LogP contribution in [0.4, 0.5) is 11.4 Å². The Bertz CT molecular complexity index is 1300. The molecule has 0 saturated carbocycles. The standard InChI is InChI=1S/C27H28N4O5/c1-3-35-25(32)19-9-13-21(14-10-19)28-17-30-23-7-5-6-8-24(23)31(27(30)34)18-29-22-15-11-20(12-16-22)26(33)36-4-2/h5-16,28-29H,3-4,17-18H2,1-2H3. The lowest BCUT2D eigenvalue weighted by molar-refractivity contribution is 0.0517. The quantitative estimate of drug-likeness (QED) is 0.321. The fraction of sp³-hybridized carbons (Fsp3) is 0.222. The second-order valence-corrected chi connectivity index (χ2v) is 7.89. The smallest absolute Gasteiger partial charge is 0.338 e. The van der Waals surface area contributed by atoms with Crippen molar-refractivity contribution in [2.45, 2.75) is 27.2 Å². The number of nitrogens with one attached hydrogen (secondary N) is 2. The molecule has 0 amide bonds. The van der Waals surface area contributed by atoms with Crippen LogP contribution in [-0.4, -0.2) is 34.3 Å². The van der Waals surface area contributed by atoms with Gasteiger partial charge in [0.05, 0.1) is 48.7 Å². The molecule has 2 N–H and O–H groups in total. The van der Waals surface area contributed by atoms with E-state index in [1.807, 2.05) is 24.3 Å². The molecule has 0 aliphatic carbocycles. The summed E-state index contributed by atoms with van der Waals surface area (Å²) in [7, 11) is 0. The number of ether oxygens (including phenoxy) is 2. The minimum atomic E-state index is -0.369. The molecule has 1 aromatic heterocycles. The summed E-state index contributed by atoms with van der Waals surface area (Å²) >= 11 is 0. The maximum atomic E-state index is 13.3. The van der Waals surface area contributed by atoms with Gasteiger partial charge in [0.1, 0.15) is 0 Å². The van der Waals surface area contributed by atoms with Crippen molar-refractivity contribution in [3.63, 3.8) is 0 Å². The van der Waals surface area contributed by atoms with Gasteiger partial charge in [0, 0.05) is 11.4 Å². The first-order valence-corrected chi connectivity index (χ1v) is 11.7. The highest BCUT2D eigenvalue weighted by molar-refractivity contribution is 5.90. The predicted octanol–water partition coefficient (Wildman–Crippen LogP) is 4.30. The monoisotopic (exact) mass is 488 g/mol. The number of nitrogens with zero attached hydrogens (tertiary/aromatic N) is 2. The van der Waals surface area contributed by atoms with Gasteiger partial charge in [0.2, 0.25) is 0 Å². The van der Waals surface area contributed by atoms with Gasteiger partial charge in [-0.05, 0) is 74.5 Å². The van der Waals surface area contributed by atoms with E-state index >= 15 is 0 Å². The fourth-order valence-corrected chi connectivity index (χ4v) is 3.80. The van der Waals surface area contributed by atoms with Crippen molar-refractivity contribution in [3.8, 4) is 0 Å². The van der Waals surface area contributed by atoms with Crippen molar-refractivity contribution in [2.24, 2.45) is 0 Å². The average molecular weight is 489 g/mol. The highest BCUT2D eigenvalue weighted by atomic mass is 16.5. The number of esters is 2. The van der Waals surface area contributed by atoms with E-state index < -0.39 is 0 Å². The molecule has 186 valence electrons. The molecule has 0 atom stereocenters. The fourth-order valence-electron chi connectivity index (χ4n) is 3.80. The summed E-state index contributed by atoms with van der Waals surface area (Å²) in [5.74, 6) is -0.738. The highest BCUT2D eigenvalue weighted by Gasteiger charge is 2.13. The largest absolute Gasteiger partial charge is 0.462 e. The molecule has 0 radical (unpaired) electrons. The number of para-hydroxylation sites is 2. The van der Waals surface area contributed by atoms with Crippen LogP contribution >= 0.6 is 0 Å². The van der Waals surface area contributed by atoms with Crippen LogP contribution in [0.25, 0.3) is 11.0 Å². The summed E-state index contributed by atoms with van der Waals surface area (Å²) in [6.07, 6.45) is 0. The molecular formula is C27H28N4O5. The number of imidazole rings is 1. The SMILES string of the molecule is CCOC(=O)c1ccc(NCn2c(=O)n(CNc3ccc(C(=O)OCC)cc3)c3ccccc32)cc1. The first-order chi connectivity index (χ1) is 17.5. The Balaban J connectivity index is 1.48. The Morgan fingerprint density at radius 2 is 1.06 bits per heavy atom. The van der Waals surface area contributed by atoms with Crippen LogP contribution in [0, 0.1) is 0 Å². The van der Waals surface area contributed by atoms with Crippen LogP contribution in [0.2, 0.25) is 0 Å². The van der Waals surface area contributed by atoms with Crippen molar-refractivity contribution >= 4 is 34.3 Å². The topological polar surface area (TPSA) is 104 Å². The van der Waals surface area contributed by atoms with E-state index in [-0.39, 0.29) is 31.0 Å². The zero-order valence-corrected chi connectivity index (χ0v) is 20.2. The third kappa shape index (κ3) is 5.41. The lowest BCUT2D eigenvalue weighted by Gasteiger charge is -2.09. The van der Waals surface area contributed by atoms with Crippen LogP contribution in [0.3, 0.4) is 0 Å². The summed E-state index contributed by atoms with van der Waals surface area (Å²) in [6.45, 7) is 4.66. The number of aromatic nitrogens is 2. The van der Waals surface area contributed by atoms with Crippen LogP contribution in [-0.2, 0) is 22.8 Å². The number of anilines is 2. The molecule has 0 spiro atoms. The number of hydrogen-bond acceptors (Lipinski definition) is 7. The van der Waals surface area contributed by atoms with Crippen LogP contribution in [0.15, 0.2) is 77.6 Å². The first-order valence-electron chi connectivity index (χ1n) is 11.7. The molecule has 4 rings (SSSR count). The Morgan fingerprint density at radius 3 is 1.42 bits per heavy atom. The molecule has 0 aliphatic rings. The maximum Gasteiger partial charge on any atom is 0.338 e. The molecule has 0 saturated heterocycles. The van der Waals surface area contributed by atoms with Gasteiger partial charge >= 0.3 is 17.6 Å². The molecule has 9 heteroatoms. The van der Waals surface area contributed by atoms with E-state index in [0.29, 0.717) is 24.3 Å². The van der Waals surface area contributed by atoms with Crippen molar-refractivity contribution in [3.05, 3.63) is 94.4 Å². The lowest BCUT2D eigenvalue weighted by atomic mass is 10.2. The van der Waals surface area contributed by atoms with Gasteiger partial charge in [-0.1, -0.05) is 12.1 Å². The Morgan fingerprint density at radius 1 is 0.667 bits per heavy atom. The Kier molecular flexibility index (Phi) is 7.69. The normalized spacial score (nSPS) is 10.7. The molecule has 4 aromatic rings. The number of rotatable bonds is 10. The molecule has 0 fully saturated rings. The van der Waals surface area contributed by atoms with Crippen LogP contribution in [0.1, 0.15) is 34.6 Å². The van der Waals surface area contributed by atoms with Gasteiger partial charge in [-0.3, -0.25) is 9.13 Å². The van der Waals surface area contributed by atoms with E-state index in [0.717, 1.165) is 22.4 Å². The minimum absolute atomic E-state index is 0.178. The molecular weight excluding hydrogens is 460 g/mol. The van der Waals surface area contributed by atoms with Crippen molar-refractivity contribution < 1.29 is 19.1 Å². The molecule has 0 unspecified atom stereocenters. The van der Waals surface area contributed by atoms with Crippen molar-refractivity contribution in [2.75, 3.05) is 23.8 Å². The third-order valence-electron chi connectivity index (χ3n) is 5.60. The van der Waals surface area contributed by atoms with Gasteiger partial charge in [-0.2, -0.15) is 0 Å². The summed E-state index contributed by atoms with van der Waals surface area (Å²) in [5, 5.41) is 6.48. The van der Waals surface area contributed by atoms with Crippen LogP contribution in [0.5, 0.6) is 0 Å². The van der Waals surface area contributed by atoms with Crippen molar-refractivity contribution in [1.29, 1.82) is 0 Å². The van der Waals surface area contributed by atoms with Gasteiger partial charge in [-0.25, -0.2) is 14.4 Å². The van der Waals surface area contributed by atoms with Gasteiger partial charge < -0.3 is 20.1 Å². The summed E-state index contributed by atoms with van der Waals surface area (Å²) in [6, 6.07) is 21.4. The van der Waals surface area contributed by atoms with E-state index in [2.05, 4.69) is 10.6 Å². The predicted molar refractivity (Wildman–Crippen MR) is 138 cm³/mol. The molecule has 0 bridgehead atoms. The number of carbonyl (C=O) groups excluding carboxylic acids is 2. The zero-order valence-electron chi connectivity index (χ0n) is 20.2. The number of hydrogen-bond donors (Lipinski definition) is 2. The molecule has 0 aliphatic heterocycles. The molecule has 36 heavy (non-hydrogen) atoms. The number of benzene rings is 3.